The summed E-state index contributed by atoms with van der Waals surface area (Å²) in [5.41, 5.74) is 1.18. The Morgan fingerprint density at radius 3 is 2.35 bits per heavy atom. The van der Waals surface area contributed by atoms with Crippen molar-refractivity contribution in [3.8, 4) is 6.07 Å². The summed E-state index contributed by atoms with van der Waals surface area (Å²) < 4.78 is 26.1. The quantitative estimate of drug-likeness (QED) is 0.796. The fourth-order valence-electron chi connectivity index (χ4n) is 1.83. The largest absolute Gasteiger partial charge is 0.309 e. The molecule has 6 heteroatoms. The standard InChI is InChI=1S/C14H21N3O2S/c1-12-10-14(7-6-13(12)11-15)20(18,19)17(4)9-5-8-16(2)3/h6-7,10H,5,8-9H2,1-4H3. The van der Waals surface area contributed by atoms with Crippen LogP contribution in [-0.4, -0.2) is 51.9 Å². The second-order valence-corrected chi connectivity index (χ2v) is 7.12. The van der Waals surface area contributed by atoms with E-state index in [1.807, 2.05) is 25.1 Å². The smallest absolute Gasteiger partial charge is 0.242 e. The van der Waals surface area contributed by atoms with Crippen LogP contribution in [0.5, 0.6) is 0 Å². The van der Waals surface area contributed by atoms with Gasteiger partial charge >= 0.3 is 0 Å². The van der Waals surface area contributed by atoms with Gasteiger partial charge in [0.15, 0.2) is 0 Å². The van der Waals surface area contributed by atoms with Crippen LogP contribution in [0.15, 0.2) is 23.1 Å². The Bertz CT molecular complexity index is 603. The maximum Gasteiger partial charge on any atom is 0.242 e. The van der Waals surface area contributed by atoms with Gasteiger partial charge in [0.05, 0.1) is 16.5 Å². The number of benzene rings is 1. The number of aryl methyl sites for hydroxylation is 1. The minimum absolute atomic E-state index is 0.237. The second-order valence-electron chi connectivity index (χ2n) is 5.07. The molecule has 0 spiro atoms. The molecule has 110 valence electrons. The number of nitriles is 1. The van der Waals surface area contributed by atoms with E-state index in [1.165, 1.54) is 10.4 Å². The predicted molar refractivity (Wildman–Crippen MR) is 78.9 cm³/mol. The molecule has 0 N–H and O–H groups in total. The molecule has 0 aliphatic rings. The van der Waals surface area contributed by atoms with Crippen LogP contribution in [0.25, 0.3) is 0 Å². The molecule has 20 heavy (non-hydrogen) atoms. The molecule has 0 radical (unpaired) electrons. The van der Waals surface area contributed by atoms with Gasteiger partial charge in [-0.1, -0.05) is 0 Å². The zero-order valence-electron chi connectivity index (χ0n) is 12.4. The first kappa shape index (κ1) is 16.6. The van der Waals surface area contributed by atoms with Crippen LogP contribution < -0.4 is 0 Å². The molecule has 0 aliphatic heterocycles. The normalized spacial score (nSPS) is 11.8. The van der Waals surface area contributed by atoms with E-state index in [0.717, 1.165) is 13.0 Å². The van der Waals surface area contributed by atoms with E-state index in [0.29, 0.717) is 17.7 Å². The number of nitrogens with zero attached hydrogens (tertiary/aromatic N) is 3. The molecule has 0 aliphatic carbocycles. The molecular weight excluding hydrogens is 274 g/mol. The third-order valence-corrected chi connectivity index (χ3v) is 4.96. The van der Waals surface area contributed by atoms with E-state index in [1.54, 1.807) is 26.1 Å². The molecule has 0 amide bonds. The lowest BCUT2D eigenvalue weighted by molar-refractivity contribution is 0.370. The summed E-state index contributed by atoms with van der Waals surface area (Å²) in [5.74, 6) is 0. The van der Waals surface area contributed by atoms with E-state index in [4.69, 9.17) is 5.26 Å². The summed E-state index contributed by atoms with van der Waals surface area (Å²) in [6, 6.07) is 6.63. The van der Waals surface area contributed by atoms with Crippen LogP contribution >= 0.6 is 0 Å². The minimum Gasteiger partial charge on any atom is -0.309 e. The first-order valence-electron chi connectivity index (χ1n) is 6.41. The van der Waals surface area contributed by atoms with E-state index in [2.05, 4.69) is 0 Å². The second kappa shape index (κ2) is 6.84. The van der Waals surface area contributed by atoms with Crippen molar-refractivity contribution in [1.29, 1.82) is 5.26 Å². The van der Waals surface area contributed by atoms with Gasteiger partial charge in [0.1, 0.15) is 0 Å². The molecule has 1 rings (SSSR count). The Morgan fingerprint density at radius 2 is 1.85 bits per heavy atom. The molecule has 0 saturated heterocycles. The Hall–Kier alpha value is -1.42. The number of hydrogen-bond acceptors (Lipinski definition) is 4. The van der Waals surface area contributed by atoms with Crippen LogP contribution in [0.4, 0.5) is 0 Å². The summed E-state index contributed by atoms with van der Waals surface area (Å²) in [5, 5.41) is 8.87. The van der Waals surface area contributed by atoms with E-state index < -0.39 is 10.0 Å². The summed E-state index contributed by atoms with van der Waals surface area (Å²) >= 11 is 0. The van der Waals surface area contributed by atoms with Crippen LogP contribution in [0, 0.1) is 18.3 Å². The van der Waals surface area contributed by atoms with Gasteiger partial charge in [-0.15, -0.1) is 0 Å². The average molecular weight is 295 g/mol. The number of sulfonamides is 1. The molecular formula is C14H21N3O2S. The third kappa shape index (κ3) is 4.04. The molecule has 0 saturated carbocycles. The highest BCUT2D eigenvalue weighted by Crippen LogP contribution is 2.18. The van der Waals surface area contributed by atoms with E-state index in [9.17, 15) is 8.42 Å². The van der Waals surface area contributed by atoms with Crippen molar-refractivity contribution in [1.82, 2.24) is 9.21 Å². The first-order chi connectivity index (χ1) is 9.28. The molecule has 0 bridgehead atoms. The van der Waals surface area contributed by atoms with Crippen molar-refractivity contribution in [2.75, 3.05) is 34.2 Å². The van der Waals surface area contributed by atoms with Gasteiger partial charge in [-0.3, -0.25) is 0 Å². The Balaban J connectivity index is 2.88. The van der Waals surface area contributed by atoms with Crippen molar-refractivity contribution in [2.45, 2.75) is 18.2 Å². The third-order valence-electron chi connectivity index (χ3n) is 3.10. The number of hydrogen-bond donors (Lipinski definition) is 0. The van der Waals surface area contributed by atoms with Gasteiger partial charge < -0.3 is 4.90 Å². The minimum atomic E-state index is -3.48. The van der Waals surface area contributed by atoms with Gasteiger partial charge in [-0.2, -0.15) is 5.26 Å². The van der Waals surface area contributed by atoms with Gasteiger partial charge in [0, 0.05) is 13.6 Å². The lowest BCUT2D eigenvalue weighted by Gasteiger charge is -2.18. The van der Waals surface area contributed by atoms with E-state index in [-0.39, 0.29) is 4.90 Å². The number of rotatable bonds is 6. The fourth-order valence-corrected chi connectivity index (χ4v) is 3.13. The lowest BCUT2D eigenvalue weighted by atomic mass is 10.1. The fraction of sp³-hybridized carbons (Fsp3) is 0.500. The molecule has 0 heterocycles. The van der Waals surface area contributed by atoms with Crippen molar-refractivity contribution >= 4 is 10.0 Å². The highest BCUT2D eigenvalue weighted by Gasteiger charge is 2.20. The van der Waals surface area contributed by atoms with Crippen molar-refractivity contribution in [3.63, 3.8) is 0 Å². The molecule has 5 nitrogen and oxygen atoms in total. The van der Waals surface area contributed by atoms with Gasteiger partial charge in [0.2, 0.25) is 10.0 Å². The summed E-state index contributed by atoms with van der Waals surface area (Å²) in [4.78, 5) is 2.26. The zero-order chi connectivity index (χ0) is 15.3. The molecule has 1 aromatic rings. The monoisotopic (exact) mass is 295 g/mol. The van der Waals surface area contributed by atoms with Crippen molar-refractivity contribution in [2.24, 2.45) is 0 Å². The Kier molecular flexibility index (Phi) is 5.69. The topological polar surface area (TPSA) is 64.4 Å². The molecule has 0 atom stereocenters. The van der Waals surface area contributed by atoms with Crippen LogP contribution in [0.1, 0.15) is 17.5 Å². The lowest BCUT2D eigenvalue weighted by Crippen LogP contribution is -2.30. The molecule has 0 fully saturated rings. The predicted octanol–water partition coefficient (Wildman–Crippen LogP) is 1.44. The highest BCUT2D eigenvalue weighted by atomic mass is 32.2. The molecule has 1 aromatic carbocycles. The Labute approximate surface area is 121 Å². The van der Waals surface area contributed by atoms with Gasteiger partial charge in [0.25, 0.3) is 0 Å². The first-order valence-corrected chi connectivity index (χ1v) is 7.85. The van der Waals surface area contributed by atoms with Crippen LogP contribution in [-0.2, 0) is 10.0 Å². The highest BCUT2D eigenvalue weighted by molar-refractivity contribution is 7.89. The maximum atomic E-state index is 12.4. The van der Waals surface area contributed by atoms with Crippen LogP contribution in [0.2, 0.25) is 0 Å². The van der Waals surface area contributed by atoms with Crippen LogP contribution in [0.3, 0.4) is 0 Å². The average Bonchev–Trinajstić information content (AvgIpc) is 2.37. The SMILES string of the molecule is Cc1cc(S(=O)(=O)N(C)CCCN(C)C)ccc1C#N. The zero-order valence-corrected chi connectivity index (χ0v) is 13.2. The molecule has 0 unspecified atom stereocenters. The van der Waals surface area contributed by atoms with Crippen molar-refractivity contribution in [3.05, 3.63) is 29.3 Å². The summed E-state index contributed by atoms with van der Waals surface area (Å²) in [7, 11) is 2.02. The molecule has 0 aromatic heterocycles. The summed E-state index contributed by atoms with van der Waals surface area (Å²) in [6.45, 7) is 3.05. The Morgan fingerprint density at radius 1 is 1.20 bits per heavy atom. The maximum absolute atomic E-state index is 12.4. The summed E-state index contributed by atoms with van der Waals surface area (Å²) in [6.07, 6.45) is 0.776. The van der Waals surface area contributed by atoms with Gasteiger partial charge in [-0.25, -0.2) is 12.7 Å². The van der Waals surface area contributed by atoms with E-state index >= 15 is 0 Å². The van der Waals surface area contributed by atoms with Crippen molar-refractivity contribution < 1.29 is 8.42 Å². The van der Waals surface area contributed by atoms with Gasteiger partial charge in [-0.05, 0) is 57.7 Å².